The van der Waals surface area contributed by atoms with E-state index in [1.54, 1.807) is 47.9 Å². The van der Waals surface area contributed by atoms with E-state index in [0.29, 0.717) is 11.7 Å². The number of hydrogen-bond donors (Lipinski definition) is 0. The molecule has 1 aromatic carbocycles. The lowest BCUT2D eigenvalue weighted by atomic mass is 9.99. The fraction of sp³-hybridized carbons (Fsp3) is 0.412. The Hall–Kier alpha value is -1.82. The number of halogens is 1. The Balaban J connectivity index is 1.54. The number of hydrogen-bond acceptors (Lipinski definition) is 4. The molecule has 2 aromatic rings. The van der Waals surface area contributed by atoms with E-state index in [0.717, 1.165) is 36.6 Å². The summed E-state index contributed by atoms with van der Waals surface area (Å²) in [6.45, 7) is 1.70. The number of piperidine rings is 1. The molecule has 0 saturated carbocycles. The van der Waals surface area contributed by atoms with E-state index < -0.39 is 0 Å². The predicted octanol–water partition coefficient (Wildman–Crippen LogP) is 2.93. The first-order valence-corrected chi connectivity index (χ1v) is 8.77. The Morgan fingerprint density at radius 3 is 2.87 bits per heavy atom. The van der Waals surface area contributed by atoms with Crippen molar-refractivity contribution in [2.24, 2.45) is 13.0 Å². The van der Waals surface area contributed by atoms with Gasteiger partial charge in [0.05, 0.1) is 0 Å². The van der Waals surface area contributed by atoms with Gasteiger partial charge in [-0.25, -0.2) is 9.37 Å². The summed E-state index contributed by atoms with van der Waals surface area (Å²) in [5.74, 6) is 1.94. The van der Waals surface area contributed by atoms with Crippen LogP contribution >= 0.6 is 11.8 Å². The summed E-state index contributed by atoms with van der Waals surface area (Å²) in [4.78, 5) is 19.4. The van der Waals surface area contributed by atoms with Crippen LogP contribution in [0.1, 0.15) is 12.8 Å². The Kier molecular flexibility index (Phi) is 5.00. The second-order valence-electron chi connectivity index (χ2n) is 5.87. The summed E-state index contributed by atoms with van der Waals surface area (Å²) in [6, 6.07) is 6.74. The van der Waals surface area contributed by atoms with Gasteiger partial charge in [-0.05, 0) is 37.0 Å². The Morgan fingerprint density at radius 2 is 2.13 bits per heavy atom. The lowest BCUT2D eigenvalue weighted by molar-refractivity contribution is 0.441. The summed E-state index contributed by atoms with van der Waals surface area (Å²) in [7, 11) is 1.75. The van der Waals surface area contributed by atoms with Crippen LogP contribution < -0.4 is 10.5 Å². The molecule has 0 aliphatic carbocycles. The molecule has 1 aliphatic heterocycles. The van der Waals surface area contributed by atoms with Gasteiger partial charge >= 0.3 is 0 Å². The first-order valence-electron chi connectivity index (χ1n) is 7.78. The van der Waals surface area contributed by atoms with Crippen molar-refractivity contribution in [3.63, 3.8) is 0 Å². The number of aryl methyl sites for hydroxylation is 1. The molecule has 0 spiro atoms. The van der Waals surface area contributed by atoms with Crippen molar-refractivity contribution in [2.45, 2.75) is 17.7 Å². The molecule has 0 unspecified atom stereocenters. The molecule has 2 heterocycles. The molecule has 1 saturated heterocycles. The van der Waals surface area contributed by atoms with Crippen LogP contribution in [0.3, 0.4) is 0 Å². The molecule has 1 fully saturated rings. The van der Waals surface area contributed by atoms with Gasteiger partial charge in [0.2, 0.25) is 0 Å². The molecule has 1 aliphatic rings. The standard InChI is InChI=1S/C17H20FN3OS/c1-20-10-7-19-16(17(20)22)21-8-5-13(6-9-21)12-23-15-4-2-3-14(18)11-15/h2-4,7,10-11,13H,5-6,8-9,12H2,1H3. The summed E-state index contributed by atoms with van der Waals surface area (Å²) < 4.78 is 14.7. The second kappa shape index (κ2) is 7.17. The highest BCUT2D eigenvalue weighted by atomic mass is 32.2. The normalized spacial score (nSPS) is 15.8. The summed E-state index contributed by atoms with van der Waals surface area (Å²) >= 11 is 1.70. The van der Waals surface area contributed by atoms with Crippen LogP contribution in [0.4, 0.5) is 10.2 Å². The van der Waals surface area contributed by atoms with E-state index >= 15 is 0 Å². The highest BCUT2D eigenvalue weighted by molar-refractivity contribution is 7.99. The third-order valence-corrected chi connectivity index (χ3v) is 5.42. The van der Waals surface area contributed by atoms with Crippen molar-refractivity contribution < 1.29 is 4.39 Å². The fourth-order valence-electron chi connectivity index (χ4n) is 2.78. The molecule has 0 radical (unpaired) electrons. The second-order valence-corrected chi connectivity index (χ2v) is 6.96. The van der Waals surface area contributed by atoms with Crippen LogP contribution in [-0.4, -0.2) is 28.4 Å². The molecule has 23 heavy (non-hydrogen) atoms. The Morgan fingerprint density at radius 1 is 1.35 bits per heavy atom. The van der Waals surface area contributed by atoms with E-state index in [1.807, 2.05) is 6.07 Å². The SMILES string of the molecule is Cn1ccnc(N2CCC(CSc3cccc(F)c3)CC2)c1=O. The zero-order chi connectivity index (χ0) is 16.2. The summed E-state index contributed by atoms with van der Waals surface area (Å²) in [5, 5.41) is 0. The van der Waals surface area contributed by atoms with Crippen LogP contribution in [0.2, 0.25) is 0 Å². The van der Waals surface area contributed by atoms with Crippen molar-refractivity contribution in [1.82, 2.24) is 9.55 Å². The van der Waals surface area contributed by atoms with Crippen molar-refractivity contribution in [3.8, 4) is 0 Å². The fourth-order valence-corrected chi connectivity index (χ4v) is 3.92. The lowest BCUT2D eigenvalue weighted by Gasteiger charge is -2.32. The number of aromatic nitrogens is 2. The highest BCUT2D eigenvalue weighted by Gasteiger charge is 2.22. The van der Waals surface area contributed by atoms with Crippen LogP contribution in [0.5, 0.6) is 0 Å². The van der Waals surface area contributed by atoms with E-state index in [-0.39, 0.29) is 11.4 Å². The maximum atomic E-state index is 13.2. The van der Waals surface area contributed by atoms with E-state index in [1.165, 1.54) is 6.07 Å². The van der Waals surface area contributed by atoms with E-state index in [9.17, 15) is 9.18 Å². The minimum atomic E-state index is -0.184. The first kappa shape index (κ1) is 16.1. The van der Waals surface area contributed by atoms with Crippen molar-refractivity contribution in [2.75, 3.05) is 23.7 Å². The molecule has 0 amide bonds. The zero-order valence-electron chi connectivity index (χ0n) is 13.1. The van der Waals surface area contributed by atoms with Gasteiger partial charge in [-0.2, -0.15) is 0 Å². The number of rotatable bonds is 4. The topological polar surface area (TPSA) is 38.1 Å². The van der Waals surface area contributed by atoms with Gasteiger partial charge in [-0.15, -0.1) is 11.8 Å². The third-order valence-electron chi connectivity index (χ3n) is 4.19. The average molecular weight is 333 g/mol. The molecule has 3 rings (SSSR count). The molecule has 1 aromatic heterocycles. The highest BCUT2D eigenvalue weighted by Crippen LogP contribution is 2.27. The van der Waals surface area contributed by atoms with Crippen LogP contribution in [0, 0.1) is 11.7 Å². The van der Waals surface area contributed by atoms with Crippen molar-refractivity contribution >= 4 is 17.6 Å². The van der Waals surface area contributed by atoms with E-state index in [2.05, 4.69) is 9.88 Å². The van der Waals surface area contributed by atoms with Gasteiger partial charge < -0.3 is 9.47 Å². The smallest absolute Gasteiger partial charge is 0.293 e. The third kappa shape index (κ3) is 3.93. The number of nitrogens with zero attached hydrogens (tertiary/aromatic N) is 3. The number of thioether (sulfide) groups is 1. The molecule has 0 bridgehead atoms. The maximum absolute atomic E-state index is 13.2. The molecular formula is C17H20FN3OS. The molecule has 122 valence electrons. The number of benzene rings is 1. The van der Waals surface area contributed by atoms with Crippen molar-refractivity contribution in [1.29, 1.82) is 0 Å². The predicted molar refractivity (Wildman–Crippen MR) is 91.5 cm³/mol. The maximum Gasteiger partial charge on any atom is 0.293 e. The quantitative estimate of drug-likeness (QED) is 0.807. The largest absolute Gasteiger partial charge is 0.352 e. The molecular weight excluding hydrogens is 313 g/mol. The van der Waals surface area contributed by atoms with Crippen molar-refractivity contribution in [3.05, 3.63) is 52.8 Å². The van der Waals surface area contributed by atoms with E-state index in [4.69, 9.17) is 0 Å². The van der Waals surface area contributed by atoms with Crippen LogP contribution in [-0.2, 0) is 7.05 Å². The molecule has 0 N–H and O–H groups in total. The van der Waals surface area contributed by atoms with Gasteiger partial charge in [0.25, 0.3) is 5.56 Å². The van der Waals surface area contributed by atoms with Crippen LogP contribution in [0.25, 0.3) is 0 Å². The lowest BCUT2D eigenvalue weighted by Crippen LogP contribution is -2.39. The van der Waals surface area contributed by atoms with Gasteiger partial charge in [0.1, 0.15) is 5.82 Å². The summed E-state index contributed by atoms with van der Waals surface area (Å²) in [6.07, 6.45) is 5.40. The zero-order valence-corrected chi connectivity index (χ0v) is 13.9. The molecule has 0 atom stereocenters. The first-order chi connectivity index (χ1) is 11.1. The summed E-state index contributed by atoms with van der Waals surface area (Å²) in [5.41, 5.74) is -0.0416. The molecule has 6 heteroatoms. The minimum Gasteiger partial charge on any atom is -0.352 e. The monoisotopic (exact) mass is 333 g/mol. The molecule has 4 nitrogen and oxygen atoms in total. The van der Waals surface area contributed by atoms with Gasteiger partial charge in [-0.3, -0.25) is 4.79 Å². The Bertz CT molecular complexity index is 726. The van der Waals surface area contributed by atoms with Gasteiger partial charge in [0, 0.05) is 43.2 Å². The van der Waals surface area contributed by atoms with Crippen LogP contribution in [0.15, 0.2) is 46.3 Å². The minimum absolute atomic E-state index is 0.0416. The number of anilines is 1. The Labute approximate surface area is 139 Å². The van der Waals surface area contributed by atoms with Gasteiger partial charge in [0.15, 0.2) is 5.82 Å². The van der Waals surface area contributed by atoms with Gasteiger partial charge in [-0.1, -0.05) is 6.07 Å². The average Bonchev–Trinajstić information content (AvgIpc) is 2.56.